The Morgan fingerprint density at radius 2 is 1.91 bits per heavy atom. The van der Waals surface area contributed by atoms with Gasteiger partial charge in [-0.2, -0.15) is 10.1 Å². The summed E-state index contributed by atoms with van der Waals surface area (Å²) in [6.45, 7) is 2.72. The molecule has 2 N–H and O–H groups in total. The average molecular weight is 462 g/mol. The predicted molar refractivity (Wildman–Crippen MR) is 130 cm³/mol. The zero-order chi connectivity index (χ0) is 22.7. The van der Waals surface area contributed by atoms with Crippen LogP contribution in [-0.2, 0) is 17.6 Å². The number of aromatic amines is 1. The fourth-order valence-corrected chi connectivity index (χ4v) is 6.80. The Labute approximate surface area is 200 Å². The van der Waals surface area contributed by atoms with E-state index in [0.29, 0.717) is 17.3 Å². The van der Waals surface area contributed by atoms with E-state index in [1.54, 1.807) is 0 Å². The van der Waals surface area contributed by atoms with Crippen molar-refractivity contribution in [1.29, 1.82) is 0 Å². The number of hydrogen-bond donors (Lipinski definition) is 2. The van der Waals surface area contributed by atoms with Gasteiger partial charge in [0.1, 0.15) is 11.9 Å². The van der Waals surface area contributed by atoms with Crippen LogP contribution in [0.25, 0.3) is 0 Å². The van der Waals surface area contributed by atoms with Crippen molar-refractivity contribution in [3.05, 3.63) is 23.0 Å². The molecule has 0 aromatic carbocycles. The fraction of sp³-hybridized carbons (Fsp3) is 0.692. The normalized spacial score (nSPS) is 25.5. The second-order valence-corrected chi connectivity index (χ2v) is 11.3. The summed E-state index contributed by atoms with van der Waals surface area (Å²) in [4.78, 5) is 27.8. The van der Waals surface area contributed by atoms with Crippen molar-refractivity contribution in [3.8, 4) is 0 Å². The topological polar surface area (TPSA) is 90.0 Å². The lowest BCUT2D eigenvalue weighted by atomic mass is 10.0. The number of amides is 1. The van der Waals surface area contributed by atoms with Gasteiger partial charge in [0, 0.05) is 42.9 Å². The van der Waals surface area contributed by atoms with Gasteiger partial charge in [-0.1, -0.05) is 12.8 Å². The Kier molecular flexibility index (Phi) is 4.84. The van der Waals surface area contributed by atoms with Crippen LogP contribution in [0.1, 0.15) is 87.1 Å². The molecule has 2 saturated carbocycles. The number of likely N-dealkylation sites (tertiary alicyclic amines) is 1. The minimum Gasteiger partial charge on any atom is -0.340 e. The van der Waals surface area contributed by atoms with Gasteiger partial charge in [-0.05, 0) is 69.6 Å². The molecule has 1 atom stereocenters. The lowest BCUT2D eigenvalue weighted by Gasteiger charge is -2.28. The lowest BCUT2D eigenvalue weighted by molar-refractivity contribution is -0.131. The minimum absolute atomic E-state index is 0.124. The number of fused-ring (bicyclic) bond motifs is 1. The number of aryl methyl sites for hydroxylation is 1. The number of rotatable bonds is 5. The molecular weight excluding hydrogens is 426 g/mol. The highest BCUT2D eigenvalue weighted by Gasteiger charge is 2.50. The van der Waals surface area contributed by atoms with Crippen LogP contribution in [0.4, 0.5) is 17.6 Å². The molecule has 0 bridgehead atoms. The number of anilines is 3. The van der Waals surface area contributed by atoms with E-state index < -0.39 is 0 Å². The van der Waals surface area contributed by atoms with Crippen LogP contribution in [0, 0.1) is 5.41 Å². The van der Waals surface area contributed by atoms with Gasteiger partial charge in [0.2, 0.25) is 11.9 Å². The van der Waals surface area contributed by atoms with Gasteiger partial charge in [-0.25, -0.2) is 4.98 Å². The molecule has 8 heteroatoms. The molecular formula is C26H35N7O. The van der Waals surface area contributed by atoms with Crippen LogP contribution in [-0.4, -0.2) is 56.6 Å². The molecule has 1 amide bonds. The van der Waals surface area contributed by atoms with E-state index in [0.717, 1.165) is 69.1 Å². The van der Waals surface area contributed by atoms with Gasteiger partial charge in [0.15, 0.2) is 5.82 Å². The first kappa shape index (κ1) is 20.7. The maximum atomic E-state index is 13.5. The molecule has 1 unspecified atom stereocenters. The molecule has 2 aromatic heterocycles. The van der Waals surface area contributed by atoms with Crippen molar-refractivity contribution in [2.24, 2.45) is 5.41 Å². The van der Waals surface area contributed by atoms with Gasteiger partial charge in [-0.3, -0.25) is 9.89 Å². The van der Waals surface area contributed by atoms with Crippen LogP contribution in [0.15, 0.2) is 6.07 Å². The molecule has 5 aliphatic rings. The van der Waals surface area contributed by atoms with Gasteiger partial charge in [0.05, 0.1) is 5.69 Å². The molecule has 1 spiro atoms. The number of carbonyl (C=O) groups excluding carboxylic acids is 1. The summed E-state index contributed by atoms with van der Waals surface area (Å²) in [5.41, 5.74) is 4.04. The third-order valence-corrected chi connectivity index (χ3v) is 9.06. The number of nitrogens with zero attached hydrogens (tertiary/aromatic N) is 5. The first-order valence-corrected chi connectivity index (χ1v) is 13.5. The molecule has 2 aliphatic heterocycles. The quantitative estimate of drug-likeness (QED) is 0.698. The van der Waals surface area contributed by atoms with E-state index in [1.807, 2.05) is 0 Å². The van der Waals surface area contributed by atoms with Crippen LogP contribution in [0.2, 0.25) is 0 Å². The summed E-state index contributed by atoms with van der Waals surface area (Å²) in [6.07, 6.45) is 13.9. The molecule has 0 radical (unpaired) electrons. The molecule has 2 saturated heterocycles. The third kappa shape index (κ3) is 3.57. The van der Waals surface area contributed by atoms with E-state index >= 15 is 0 Å². The van der Waals surface area contributed by atoms with Crippen molar-refractivity contribution in [1.82, 2.24) is 25.1 Å². The molecule has 4 fully saturated rings. The number of carbonyl (C=O) groups is 1. The van der Waals surface area contributed by atoms with Crippen molar-refractivity contribution in [2.45, 2.75) is 89.0 Å². The summed E-state index contributed by atoms with van der Waals surface area (Å²) < 4.78 is 0. The molecule has 8 nitrogen and oxygen atoms in total. The first-order valence-electron chi connectivity index (χ1n) is 13.5. The lowest BCUT2D eigenvalue weighted by Crippen LogP contribution is -2.45. The van der Waals surface area contributed by atoms with Crippen LogP contribution >= 0.6 is 0 Å². The van der Waals surface area contributed by atoms with Gasteiger partial charge >= 0.3 is 0 Å². The molecule has 4 heterocycles. The number of H-pyrrole nitrogens is 1. The van der Waals surface area contributed by atoms with Crippen molar-refractivity contribution < 1.29 is 4.79 Å². The van der Waals surface area contributed by atoms with Crippen LogP contribution in [0.5, 0.6) is 0 Å². The molecule has 3 aliphatic carbocycles. The van der Waals surface area contributed by atoms with Crippen LogP contribution in [0.3, 0.4) is 0 Å². The smallest absolute Gasteiger partial charge is 0.245 e. The highest BCUT2D eigenvalue weighted by Crippen LogP contribution is 2.52. The Morgan fingerprint density at radius 1 is 1.03 bits per heavy atom. The minimum atomic E-state index is -0.124. The number of aromatic nitrogens is 4. The predicted octanol–water partition coefficient (Wildman–Crippen LogP) is 4.07. The standard InChI is InChI=1S/C26H35N7O/c34-24(32-14-12-26(16-32)10-11-26)21-9-4-13-33(21)25-27-19-8-3-7-18(19)23(29-25)28-22-15-20(30-31-22)17-5-1-2-6-17/h15,17,21H,1-14,16H2,(H2,27,28,29,30,31). The average Bonchev–Trinajstić information content (AvgIpc) is 3.50. The van der Waals surface area contributed by atoms with E-state index in [-0.39, 0.29) is 11.9 Å². The van der Waals surface area contributed by atoms with Gasteiger partial charge in [0.25, 0.3) is 0 Å². The summed E-state index contributed by atoms with van der Waals surface area (Å²) >= 11 is 0. The number of hydrogen-bond acceptors (Lipinski definition) is 6. The monoisotopic (exact) mass is 461 g/mol. The van der Waals surface area contributed by atoms with Gasteiger partial charge in [-0.15, -0.1) is 0 Å². The molecule has 2 aromatic rings. The van der Waals surface area contributed by atoms with Crippen molar-refractivity contribution in [3.63, 3.8) is 0 Å². The SMILES string of the molecule is O=C(C1CCCN1c1nc2c(c(Nc3cc(C4CCCC4)[nH]n3)n1)CCC2)N1CCC2(CC2)C1. The molecule has 180 valence electrons. The first-order chi connectivity index (χ1) is 16.7. The summed E-state index contributed by atoms with van der Waals surface area (Å²) in [5, 5.41) is 11.3. The number of nitrogens with one attached hydrogen (secondary N) is 2. The second-order valence-electron chi connectivity index (χ2n) is 11.3. The highest BCUT2D eigenvalue weighted by atomic mass is 16.2. The van der Waals surface area contributed by atoms with E-state index in [2.05, 4.69) is 31.4 Å². The third-order valence-electron chi connectivity index (χ3n) is 9.06. The Bertz CT molecular complexity index is 1100. The van der Waals surface area contributed by atoms with Crippen molar-refractivity contribution in [2.75, 3.05) is 29.9 Å². The summed E-state index contributed by atoms with van der Waals surface area (Å²) in [5.74, 6) is 3.31. The van der Waals surface area contributed by atoms with Gasteiger partial charge < -0.3 is 15.1 Å². The summed E-state index contributed by atoms with van der Waals surface area (Å²) in [7, 11) is 0. The maximum Gasteiger partial charge on any atom is 0.245 e. The highest BCUT2D eigenvalue weighted by molar-refractivity contribution is 5.86. The van der Waals surface area contributed by atoms with E-state index in [9.17, 15) is 4.79 Å². The van der Waals surface area contributed by atoms with E-state index in [4.69, 9.17) is 9.97 Å². The molecule has 34 heavy (non-hydrogen) atoms. The Hall–Kier alpha value is -2.64. The maximum absolute atomic E-state index is 13.5. The molecule has 7 rings (SSSR count). The zero-order valence-corrected chi connectivity index (χ0v) is 20.0. The Morgan fingerprint density at radius 3 is 2.74 bits per heavy atom. The van der Waals surface area contributed by atoms with Crippen LogP contribution < -0.4 is 10.2 Å². The van der Waals surface area contributed by atoms with E-state index in [1.165, 1.54) is 56.2 Å². The zero-order valence-electron chi connectivity index (χ0n) is 20.0. The van der Waals surface area contributed by atoms with Crippen molar-refractivity contribution >= 4 is 23.5 Å². The Balaban J connectivity index is 1.14. The second kappa shape index (κ2) is 7.95. The summed E-state index contributed by atoms with van der Waals surface area (Å²) in [6, 6.07) is 2.03. The largest absolute Gasteiger partial charge is 0.340 e. The fourth-order valence-electron chi connectivity index (χ4n) is 6.80.